The number of furan rings is 1. The lowest BCUT2D eigenvalue weighted by Crippen LogP contribution is -2.29. The predicted molar refractivity (Wildman–Crippen MR) is 85.6 cm³/mol. The lowest BCUT2D eigenvalue weighted by Gasteiger charge is -2.19. The summed E-state index contributed by atoms with van der Waals surface area (Å²) in [4.78, 5) is 18.8. The van der Waals surface area contributed by atoms with Crippen LogP contribution in [0.2, 0.25) is 0 Å². The van der Waals surface area contributed by atoms with Gasteiger partial charge >= 0.3 is 0 Å². The molecule has 0 unspecified atom stereocenters. The topological polar surface area (TPSA) is 46.3 Å². The van der Waals surface area contributed by atoms with Crippen LogP contribution in [0.5, 0.6) is 0 Å². The standard InChI is InChI=1S/C18H18N2O2/c1-3-20(12-14-7-5-4-6-8-14)18(21)17-11-15-16(22-17)10-9-13(2)19-15/h4-11H,3,12H2,1-2H3. The van der Waals surface area contributed by atoms with E-state index in [4.69, 9.17) is 4.42 Å². The third-order valence-corrected chi connectivity index (χ3v) is 3.61. The second-order valence-corrected chi connectivity index (χ2v) is 5.25. The molecule has 0 aliphatic rings. The van der Waals surface area contributed by atoms with Crippen molar-refractivity contribution < 1.29 is 9.21 Å². The Kier molecular flexibility index (Phi) is 3.92. The van der Waals surface area contributed by atoms with Gasteiger partial charge in [-0.2, -0.15) is 0 Å². The molecule has 0 saturated heterocycles. The van der Waals surface area contributed by atoms with Gasteiger partial charge in [-0.25, -0.2) is 4.98 Å². The number of rotatable bonds is 4. The number of carbonyl (C=O) groups excluding carboxylic acids is 1. The first-order valence-corrected chi connectivity index (χ1v) is 7.38. The first-order valence-electron chi connectivity index (χ1n) is 7.38. The number of hydrogen-bond acceptors (Lipinski definition) is 3. The zero-order valence-electron chi connectivity index (χ0n) is 12.7. The summed E-state index contributed by atoms with van der Waals surface area (Å²) in [6, 6.07) is 15.4. The van der Waals surface area contributed by atoms with Gasteiger partial charge in [0.15, 0.2) is 11.3 Å². The Balaban J connectivity index is 1.86. The second kappa shape index (κ2) is 6.02. The highest BCUT2D eigenvalue weighted by Crippen LogP contribution is 2.20. The van der Waals surface area contributed by atoms with E-state index in [1.807, 2.05) is 56.3 Å². The van der Waals surface area contributed by atoms with Crippen molar-refractivity contribution >= 4 is 17.0 Å². The maximum atomic E-state index is 12.6. The Hall–Kier alpha value is -2.62. The van der Waals surface area contributed by atoms with E-state index >= 15 is 0 Å². The van der Waals surface area contributed by atoms with Crippen LogP contribution in [-0.2, 0) is 6.54 Å². The molecule has 0 spiro atoms. The van der Waals surface area contributed by atoms with Crippen LogP contribution in [0, 0.1) is 6.92 Å². The molecule has 0 aliphatic carbocycles. The number of hydrogen-bond donors (Lipinski definition) is 0. The summed E-state index contributed by atoms with van der Waals surface area (Å²) in [6.07, 6.45) is 0. The number of aromatic nitrogens is 1. The van der Waals surface area contributed by atoms with E-state index in [0.29, 0.717) is 24.4 Å². The van der Waals surface area contributed by atoms with E-state index in [9.17, 15) is 4.79 Å². The van der Waals surface area contributed by atoms with Crippen LogP contribution in [-0.4, -0.2) is 22.3 Å². The molecule has 2 heterocycles. The normalized spacial score (nSPS) is 10.8. The summed E-state index contributed by atoms with van der Waals surface area (Å²) in [5.41, 5.74) is 3.37. The summed E-state index contributed by atoms with van der Waals surface area (Å²) in [5, 5.41) is 0. The SMILES string of the molecule is CCN(Cc1ccccc1)C(=O)c1cc2nc(C)ccc2o1. The number of nitrogens with zero attached hydrogens (tertiary/aromatic N) is 2. The smallest absolute Gasteiger partial charge is 0.289 e. The van der Waals surface area contributed by atoms with Gasteiger partial charge in [-0.3, -0.25) is 4.79 Å². The summed E-state index contributed by atoms with van der Waals surface area (Å²) < 4.78 is 5.65. The van der Waals surface area contributed by atoms with Crippen molar-refractivity contribution in [2.24, 2.45) is 0 Å². The van der Waals surface area contributed by atoms with Crippen LogP contribution in [0.1, 0.15) is 28.7 Å². The lowest BCUT2D eigenvalue weighted by molar-refractivity contribution is 0.0723. The molecule has 0 radical (unpaired) electrons. The Morgan fingerprint density at radius 3 is 2.68 bits per heavy atom. The van der Waals surface area contributed by atoms with Crippen molar-refractivity contribution in [3.05, 3.63) is 65.5 Å². The van der Waals surface area contributed by atoms with Crippen molar-refractivity contribution in [3.63, 3.8) is 0 Å². The van der Waals surface area contributed by atoms with E-state index in [0.717, 1.165) is 16.8 Å². The van der Waals surface area contributed by atoms with E-state index in [2.05, 4.69) is 4.98 Å². The van der Waals surface area contributed by atoms with E-state index in [1.165, 1.54) is 0 Å². The van der Waals surface area contributed by atoms with Crippen LogP contribution in [0.25, 0.3) is 11.1 Å². The van der Waals surface area contributed by atoms with Gasteiger partial charge in [0.05, 0.1) is 0 Å². The summed E-state index contributed by atoms with van der Waals surface area (Å²) >= 11 is 0. The number of pyridine rings is 1. The van der Waals surface area contributed by atoms with Crippen molar-refractivity contribution in [3.8, 4) is 0 Å². The Labute approximate surface area is 129 Å². The van der Waals surface area contributed by atoms with Crippen LogP contribution < -0.4 is 0 Å². The van der Waals surface area contributed by atoms with Crippen LogP contribution in [0.3, 0.4) is 0 Å². The molecule has 4 heteroatoms. The van der Waals surface area contributed by atoms with Crippen molar-refractivity contribution in [2.45, 2.75) is 20.4 Å². The molecular weight excluding hydrogens is 276 g/mol. The number of fused-ring (bicyclic) bond motifs is 1. The minimum absolute atomic E-state index is 0.109. The van der Waals surface area contributed by atoms with Gasteiger partial charge in [-0.1, -0.05) is 30.3 Å². The van der Waals surface area contributed by atoms with Crippen LogP contribution >= 0.6 is 0 Å². The fourth-order valence-electron chi connectivity index (χ4n) is 2.42. The molecule has 0 saturated carbocycles. The summed E-state index contributed by atoms with van der Waals surface area (Å²) in [7, 11) is 0. The molecule has 3 rings (SSSR count). The minimum atomic E-state index is -0.109. The third-order valence-electron chi connectivity index (χ3n) is 3.61. The summed E-state index contributed by atoms with van der Waals surface area (Å²) in [6.45, 7) is 5.07. The predicted octanol–water partition coefficient (Wildman–Crippen LogP) is 3.80. The monoisotopic (exact) mass is 294 g/mol. The molecule has 1 amide bonds. The second-order valence-electron chi connectivity index (χ2n) is 5.25. The van der Waals surface area contributed by atoms with E-state index in [1.54, 1.807) is 11.0 Å². The average molecular weight is 294 g/mol. The van der Waals surface area contributed by atoms with Gasteiger partial charge in [0.1, 0.15) is 5.52 Å². The first-order chi connectivity index (χ1) is 10.7. The molecule has 1 aromatic carbocycles. The zero-order valence-corrected chi connectivity index (χ0v) is 12.7. The fraction of sp³-hybridized carbons (Fsp3) is 0.222. The zero-order chi connectivity index (χ0) is 15.5. The van der Waals surface area contributed by atoms with Crippen LogP contribution in [0.4, 0.5) is 0 Å². The number of aryl methyl sites for hydroxylation is 1. The maximum absolute atomic E-state index is 12.6. The van der Waals surface area contributed by atoms with Gasteiger partial charge in [0, 0.05) is 24.8 Å². The number of benzene rings is 1. The Morgan fingerprint density at radius 2 is 1.95 bits per heavy atom. The van der Waals surface area contributed by atoms with E-state index in [-0.39, 0.29) is 5.91 Å². The maximum Gasteiger partial charge on any atom is 0.289 e. The number of carbonyl (C=O) groups is 1. The van der Waals surface area contributed by atoms with E-state index < -0.39 is 0 Å². The molecule has 22 heavy (non-hydrogen) atoms. The molecule has 0 atom stereocenters. The Morgan fingerprint density at radius 1 is 1.18 bits per heavy atom. The molecule has 0 N–H and O–H groups in total. The average Bonchev–Trinajstić information content (AvgIpc) is 2.96. The van der Waals surface area contributed by atoms with Gasteiger partial charge in [0.25, 0.3) is 5.91 Å². The van der Waals surface area contributed by atoms with Crippen LogP contribution in [0.15, 0.2) is 52.9 Å². The largest absolute Gasteiger partial charge is 0.449 e. The van der Waals surface area contributed by atoms with Gasteiger partial charge < -0.3 is 9.32 Å². The van der Waals surface area contributed by atoms with Gasteiger partial charge in [-0.15, -0.1) is 0 Å². The third kappa shape index (κ3) is 2.86. The first kappa shape index (κ1) is 14.3. The molecule has 0 bridgehead atoms. The highest BCUT2D eigenvalue weighted by molar-refractivity contribution is 5.95. The molecule has 2 aromatic heterocycles. The van der Waals surface area contributed by atoms with Gasteiger partial charge in [-0.05, 0) is 31.5 Å². The van der Waals surface area contributed by atoms with Crippen molar-refractivity contribution in [1.29, 1.82) is 0 Å². The highest BCUT2D eigenvalue weighted by Gasteiger charge is 2.19. The Bertz CT molecular complexity index is 793. The molecular formula is C18H18N2O2. The molecule has 112 valence electrons. The van der Waals surface area contributed by atoms with Crippen molar-refractivity contribution in [1.82, 2.24) is 9.88 Å². The van der Waals surface area contributed by atoms with Crippen molar-refractivity contribution in [2.75, 3.05) is 6.54 Å². The quantitative estimate of drug-likeness (QED) is 0.735. The fourth-order valence-corrected chi connectivity index (χ4v) is 2.42. The highest BCUT2D eigenvalue weighted by atomic mass is 16.3. The lowest BCUT2D eigenvalue weighted by atomic mass is 10.2. The molecule has 3 aromatic rings. The molecule has 4 nitrogen and oxygen atoms in total. The van der Waals surface area contributed by atoms with Gasteiger partial charge in [0.2, 0.25) is 0 Å². The summed E-state index contributed by atoms with van der Waals surface area (Å²) in [5.74, 6) is 0.230. The molecule has 0 aliphatic heterocycles. The number of amides is 1. The minimum Gasteiger partial charge on any atom is -0.449 e. The molecule has 0 fully saturated rings.